The van der Waals surface area contributed by atoms with Gasteiger partial charge in [-0.1, -0.05) is 24.8 Å². The normalized spacial score (nSPS) is 9.12. The summed E-state index contributed by atoms with van der Waals surface area (Å²) in [6, 6.07) is 7.05. The zero-order valence-electron chi connectivity index (χ0n) is 9.29. The largest absolute Gasteiger partial charge is 0.384 e. The van der Waals surface area contributed by atoms with Crippen LogP contribution in [0.5, 0.6) is 0 Å². The van der Waals surface area contributed by atoms with Crippen LogP contribution in [0.2, 0.25) is 0 Å². The molecule has 0 aliphatic heterocycles. The summed E-state index contributed by atoms with van der Waals surface area (Å²) in [6.45, 7) is 2.50. The summed E-state index contributed by atoms with van der Waals surface area (Å²) < 4.78 is 0. The molecule has 0 bridgehead atoms. The van der Waals surface area contributed by atoms with E-state index in [0.29, 0.717) is 12.1 Å². The van der Waals surface area contributed by atoms with Crippen molar-refractivity contribution in [3.63, 3.8) is 0 Å². The number of aliphatic hydroxyl groups is 1. The van der Waals surface area contributed by atoms with Crippen LogP contribution < -0.4 is 5.32 Å². The third-order valence-electron chi connectivity index (χ3n) is 1.97. The quantitative estimate of drug-likeness (QED) is 0.747. The second-order valence-electron chi connectivity index (χ2n) is 3.30. The van der Waals surface area contributed by atoms with Crippen molar-refractivity contribution in [2.75, 3.05) is 13.2 Å². The van der Waals surface area contributed by atoms with E-state index >= 15 is 0 Å². The fraction of sp³-hybridized carbons (Fsp3) is 0.308. The summed E-state index contributed by atoms with van der Waals surface area (Å²) >= 11 is 0. The average molecular weight is 217 g/mol. The molecule has 0 heterocycles. The van der Waals surface area contributed by atoms with E-state index in [1.807, 2.05) is 6.92 Å². The lowest BCUT2D eigenvalue weighted by Crippen LogP contribution is -2.23. The van der Waals surface area contributed by atoms with Crippen LogP contribution in [0.4, 0.5) is 0 Å². The Morgan fingerprint density at radius 1 is 1.50 bits per heavy atom. The lowest BCUT2D eigenvalue weighted by atomic mass is 10.1. The Hall–Kier alpha value is -1.79. The number of rotatable bonds is 3. The minimum absolute atomic E-state index is 0.0884. The molecular weight excluding hydrogens is 202 g/mol. The molecule has 0 fully saturated rings. The number of hydrogen-bond acceptors (Lipinski definition) is 2. The van der Waals surface area contributed by atoms with Gasteiger partial charge in [-0.25, -0.2) is 0 Å². The third-order valence-corrected chi connectivity index (χ3v) is 1.97. The first kappa shape index (κ1) is 12.3. The number of amides is 1. The first-order chi connectivity index (χ1) is 7.77. The molecule has 0 saturated carbocycles. The van der Waals surface area contributed by atoms with Gasteiger partial charge in [0.1, 0.15) is 6.61 Å². The molecule has 0 aliphatic rings. The van der Waals surface area contributed by atoms with Gasteiger partial charge in [0.05, 0.1) is 0 Å². The maximum Gasteiger partial charge on any atom is 0.251 e. The zero-order valence-corrected chi connectivity index (χ0v) is 9.29. The van der Waals surface area contributed by atoms with E-state index in [0.717, 1.165) is 12.0 Å². The van der Waals surface area contributed by atoms with Crippen molar-refractivity contribution in [3.8, 4) is 11.8 Å². The number of benzene rings is 1. The van der Waals surface area contributed by atoms with Crippen molar-refractivity contribution in [1.29, 1.82) is 0 Å². The van der Waals surface area contributed by atoms with Crippen molar-refractivity contribution in [2.24, 2.45) is 0 Å². The molecule has 1 amide bonds. The predicted molar refractivity (Wildman–Crippen MR) is 63.0 cm³/mol. The Bertz CT molecular complexity index is 415. The van der Waals surface area contributed by atoms with E-state index in [-0.39, 0.29) is 12.5 Å². The zero-order chi connectivity index (χ0) is 11.8. The molecule has 16 heavy (non-hydrogen) atoms. The summed E-state index contributed by atoms with van der Waals surface area (Å²) in [6.07, 6.45) is 0.912. The molecule has 1 aromatic rings. The van der Waals surface area contributed by atoms with Gasteiger partial charge in [-0.15, -0.1) is 0 Å². The van der Waals surface area contributed by atoms with Crippen molar-refractivity contribution < 1.29 is 9.90 Å². The number of carbonyl (C=O) groups is 1. The van der Waals surface area contributed by atoms with E-state index in [2.05, 4.69) is 17.2 Å². The molecular formula is C13H15NO2. The molecule has 0 unspecified atom stereocenters. The minimum atomic E-state index is -0.174. The average Bonchev–Trinajstić information content (AvgIpc) is 2.33. The van der Waals surface area contributed by atoms with Crippen LogP contribution in [0.3, 0.4) is 0 Å². The van der Waals surface area contributed by atoms with E-state index in [9.17, 15) is 4.79 Å². The van der Waals surface area contributed by atoms with E-state index in [4.69, 9.17) is 5.11 Å². The molecule has 0 radical (unpaired) electrons. The van der Waals surface area contributed by atoms with Gasteiger partial charge in [0, 0.05) is 17.7 Å². The van der Waals surface area contributed by atoms with Gasteiger partial charge < -0.3 is 10.4 Å². The van der Waals surface area contributed by atoms with Crippen molar-refractivity contribution in [2.45, 2.75) is 13.3 Å². The van der Waals surface area contributed by atoms with Gasteiger partial charge in [0.2, 0.25) is 0 Å². The van der Waals surface area contributed by atoms with Crippen LogP contribution in [-0.2, 0) is 0 Å². The topological polar surface area (TPSA) is 49.3 Å². The Kier molecular flexibility index (Phi) is 5.10. The second-order valence-corrected chi connectivity index (χ2v) is 3.30. The van der Waals surface area contributed by atoms with Gasteiger partial charge in [-0.2, -0.15) is 0 Å². The fourth-order valence-electron chi connectivity index (χ4n) is 1.22. The molecule has 3 nitrogen and oxygen atoms in total. The van der Waals surface area contributed by atoms with Crippen molar-refractivity contribution in [3.05, 3.63) is 35.4 Å². The van der Waals surface area contributed by atoms with Gasteiger partial charge in [-0.3, -0.25) is 4.79 Å². The minimum Gasteiger partial charge on any atom is -0.384 e. The second kappa shape index (κ2) is 6.65. The molecule has 1 aromatic carbocycles. The smallest absolute Gasteiger partial charge is 0.251 e. The number of carbonyl (C=O) groups excluding carboxylic acids is 1. The SMILES string of the molecule is CCCNC(=O)c1cccc(C#CCO)c1. The molecule has 0 aromatic heterocycles. The van der Waals surface area contributed by atoms with Crippen LogP contribution in [0.1, 0.15) is 29.3 Å². The lowest BCUT2D eigenvalue weighted by Gasteiger charge is -2.03. The van der Waals surface area contributed by atoms with E-state index in [1.165, 1.54) is 0 Å². The lowest BCUT2D eigenvalue weighted by molar-refractivity contribution is 0.0953. The number of aliphatic hydroxyl groups excluding tert-OH is 1. The summed E-state index contributed by atoms with van der Waals surface area (Å²) in [7, 11) is 0. The summed E-state index contributed by atoms with van der Waals surface area (Å²) in [5.74, 6) is 5.22. The fourth-order valence-corrected chi connectivity index (χ4v) is 1.22. The summed E-state index contributed by atoms with van der Waals surface area (Å²) in [5, 5.41) is 11.4. The number of hydrogen-bond donors (Lipinski definition) is 2. The van der Waals surface area contributed by atoms with Crippen LogP contribution in [0.25, 0.3) is 0 Å². The predicted octanol–water partition coefficient (Wildman–Crippen LogP) is 1.17. The van der Waals surface area contributed by atoms with Gasteiger partial charge in [0.25, 0.3) is 5.91 Å². The van der Waals surface area contributed by atoms with Crippen LogP contribution >= 0.6 is 0 Å². The Labute approximate surface area is 95.5 Å². The third kappa shape index (κ3) is 3.76. The summed E-state index contributed by atoms with van der Waals surface area (Å²) in [4.78, 5) is 11.6. The Morgan fingerprint density at radius 2 is 2.31 bits per heavy atom. The Morgan fingerprint density at radius 3 is 3.00 bits per heavy atom. The molecule has 1 rings (SSSR count). The summed E-state index contributed by atoms with van der Waals surface area (Å²) in [5.41, 5.74) is 1.33. The highest BCUT2D eigenvalue weighted by Gasteiger charge is 2.03. The highest BCUT2D eigenvalue weighted by Crippen LogP contribution is 2.03. The standard InChI is InChI=1S/C13H15NO2/c1-2-8-14-13(16)12-7-3-5-11(10-12)6-4-9-15/h3,5,7,10,15H,2,8-9H2,1H3,(H,14,16). The maximum absolute atomic E-state index is 11.6. The maximum atomic E-state index is 11.6. The first-order valence-electron chi connectivity index (χ1n) is 5.26. The monoisotopic (exact) mass is 217 g/mol. The molecule has 0 aliphatic carbocycles. The molecule has 3 heteroatoms. The first-order valence-corrected chi connectivity index (χ1v) is 5.26. The van der Waals surface area contributed by atoms with E-state index < -0.39 is 0 Å². The van der Waals surface area contributed by atoms with Gasteiger partial charge in [0.15, 0.2) is 0 Å². The molecule has 0 spiro atoms. The Balaban J connectivity index is 2.77. The van der Waals surface area contributed by atoms with Crippen LogP contribution in [0, 0.1) is 11.8 Å². The molecule has 0 atom stereocenters. The van der Waals surface area contributed by atoms with Crippen LogP contribution in [-0.4, -0.2) is 24.2 Å². The number of nitrogens with one attached hydrogen (secondary N) is 1. The van der Waals surface area contributed by atoms with Gasteiger partial charge >= 0.3 is 0 Å². The highest BCUT2D eigenvalue weighted by atomic mass is 16.2. The molecule has 0 saturated heterocycles. The molecule has 2 N–H and O–H groups in total. The molecule has 84 valence electrons. The van der Waals surface area contributed by atoms with Crippen LogP contribution in [0.15, 0.2) is 24.3 Å². The van der Waals surface area contributed by atoms with Gasteiger partial charge in [-0.05, 0) is 24.6 Å². The highest BCUT2D eigenvalue weighted by molar-refractivity contribution is 5.94. The van der Waals surface area contributed by atoms with Crippen molar-refractivity contribution >= 4 is 5.91 Å². The van der Waals surface area contributed by atoms with E-state index in [1.54, 1.807) is 24.3 Å². The van der Waals surface area contributed by atoms with Crippen molar-refractivity contribution in [1.82, 2.24) is 5.32 Å².